The second-order valence-electron chi connectivity index (χ2n) is 9.73. The summed E-state index contributed by atoms with van der Waals surface area (Å²) in [6.45, 7) is 2.98. The fourth-order valence-corrected chi connectivity index (χ4v) is 4.61. The van der Waals surface area contributed by atoms with E-state index in [0.717, 1.165) is 0 Å². The molecule has 0 amide bonds. The van der Waals surface area contributed by atoms with Crippen molar-refractivity contribution in [1.29, 1.82) is 0 Å². The van der Waals surface area contributed by atoms with Gasteiger partial charge in [-0.25, -0.2) is 0 Å². The standard InChI is InChI=1S/C27H30O12/c1-11-20(29)22(31)24(33)26(35-11)37-14-8-17-19(15(28)10-16(38-17)13-6-4-3-5-7-13)18(9-14)39-27-25(34)23(32)21(30)12(2)36-27/h3-12,20-27,29-34H,1-2H3/t11?,12?,20-,21-,22-,23-,24?,25?,26-,27-/m0/s1. The lowest BCUT2D eigenvalue weighted by molar-refractivity contribution is -0.269. The monoisotopic (exact) mass is 546 g/mol. The summed E-state index contributed by atoms with van der Waals surface area (Å²) >= 11 is 0. The first-order chi connectivity index (χ1) is 18.5. The number of aliphatic hydroxyl groups excluding tert-OH is 6. The molecular formula is C27H30O12. The Morgan fingerprint density at radius 2 is 1.26 bits per heavy atom. The topological polar surface area (TPSA) is 189 Å². The molecule has 3 heterocycles. The summed E-state index contributed by atoms with van der Waals surface area (Å²) in [6.07, 6.45) is -13.7. The Bertz CT molecular complexity index is 1360. The highest BCUT2D eigenvalue weighted by atomic mass is 16.7. The van der Waals surface area contributed by atoms with E-state index >= 15 is 0 Å². The highest BCUT2D eigenvalue weighted by molar-refractivity contribution is 5.86. The number of benzene rings is 2. The Kier molecular flexibility index (Phi) is 7.64. The molecule has 2 fully saturated rings. The second kappa shape index (κ2) is 10.8. The van der Waals surface area contributed by atoms with E-state index in [1.807, 2.05) is 6.07 Å². The Morgan fingerprint density at radius 3 is 1.85 bits per heavy atom. The predicted octanol–water partition coefficient (Wildman–Crippen LogP) is -0.127. The lowest BCUT2D eigenvalue weighted by Gasteiger charge is -2.39. The third-order valence-corrected chi connectivity index (χ3v) is 6.94. The first-order valence-corrected chi connectivity index (χ1v) is 12.4. The minimum absolute atomic E-state index is 0.00960. The molecule has 12 heteroatoms. The van der Waals surface area contributed by atoms with Gasteiger partial charge in [-0.2, -0.15) is 0 Å². The number of fused-ring (bicyclic) bond motifs is 1. The van der Waals surface area contributed by atoms with Crippen LogP contribution in [0.5, 0.6) is 11.5 Å². The van der Waals surface area contributed by atoms with E-state index in [0.29, 0.717) is 5.56 Å². The first kappa shape index (κ1) is 27.5. The summed E-state index contributed by atoms with van der Waals surface area (Å²) in [5.41, 5.74) is 0.155. The van der Waals surface area contributed by atoms with Crippen molar-refractivity contribution in [2.75, 3.05) is 0 Å². The van der Waals surface area contributed by atoms with Crippen LogP contribution in [0, 0.1) is 0 Å². The summed E-state index contributed by atoms with van der Waals surface area (Å²) in [7, 11) is 0. The normalized spacial score (nSPS) is 35.1. The van der Waals surface area contributed by atoms with Crippen molar-refractivity contribution < 1.29 is 54.0 Å². The van der Waals surface area contributed by atoms with Crippen LogP contribution in [-0.4, -0.2) is 92.1 Å². The zero-order chi connectivity index (χ0) is 28.0. The van der Waals surface area contributed by atoms with E-state index < -0.39 is 66.8 Å². The molecule has 39 heavy (non-hydrogen) atoms. The van der Waals surface area contributed by atoms with Crippen molar-refractivity contribution in [3.8, 4) is 22.8 Å². The van der Waals surface area contributed by atoms with Gasteiger partial charge in [0, 0.05) is 23.8 Å². The highest BCUT2D eigenvalue weighted by Gasteiger charge is 2.44. The molecule has 210 valence electrons. The van der Waals surface area contributed by atoms with Crippen LogP contribution in [0.15, 0.2) is 57.7 Å². The largest absolute Gasteiger partial charge is 0.462 e. The molecule has 0 spiro atoms. The van der Waals surface area contributed by atoms with Gasteiger partial charge in [0.15, 0.2) is 5.43 Å². The molecule has 0 aliphatic carbocycles. The quantitative estimate of drug-likeness (QED) is 0.249. The van der Waals surface area contributed by atoms with Gasteiger partial charge in [-0.15, -0.1) is 0 Å². The maximum atomic E-state index is 13.3. The summed E-state index contributed by atoms with van der Waals surface area (Å²) in [5.74, 6) is 0.0951. The van der Waals surface area contributed by atoms with Gasteiger partial charge in [0.05, 0.1) is 12.2 Å². The van der Waals surface area contributed by atoms with E-state index in [1.165, 1.54) is 32.0 Å². The molecule has 3 aromatic rings. The predicted molar refractivity (Wildman–Crippen MR) is 134 cm³/mol. The lowest BCUT2D eigenvalue weighted by atomic mass is 10.00. The summed E-state index contributed by atoms with van der Waals surface area (Å²) in [6, 6.07) is 12.8. The molecule has 2 aliphatic rings. The molecule has 1 aromatic heterocycles. The van der Waals surface area contributed by atoms with E-state index in [9.17, 15) is 35.4 Å². The van der Waals surface area contributed by atoms with Crippen molar-refractivity contribution >= 4 is 11.0 Å². The van der Waals surface area contributed by atoms with Gasteiger partial charge in [0.1, 0.15) is 64.9 Å². The Balaban J connectivity index is 1.57. The van der Waals surface area contributed by atoms with Gasteiger partial charge in [-0.05, 0) is 13.8 Å². The SMILES string of the molecule is CC1O[C@@H](Oc2cc(O[C@@H]3OC(C)[C@H](O)[C@H](O)C3O)c3c(=O)cc(-c4ccccc4)oc3c2)C(O)[C@@H](O)[C@H]1O. The number of rotatable bonds is 5. The van der Waals surface area contributed by atoms with Crippen LogP contribution in [0.1, 0.15) is 13.8 Å². The summed E-state index contributed by atoms with van der Waals surface area (Å²) in [5, 5.41) is 61.3. The van der Waals surface area contributed by atoms with Crippen LogP contribution in [0.25, 0.3) is 22.3 Å². The third-order valence-electron chi connectivity index (χ3n) is 6.94. The zero-order valence-corrected chi connectivity index (χ0v) is 21.0. The van der Waals surface area contributed by atoms with E-state index in [2.05, 4.69) is 0 Å². The van der Waals surface area contributed by atoms with Crippen molar-refractivity contribution in [2.24, 2.45) is 0 Å². The smallest absolute Gasteiger partial charge is 0.229 e. The molecule has 2 aromatic carbocycles. The van der Waals surface area contributed by atoms with Gasteiger partial charge < -0.3 is 54.0 Å². The molecule has 2 aliphatic heterocycles. The van der Waals surface area contributed by atoms with E-state index in [1.54, 1.807) is 24.3 Å². The molecule has 4 unspecified atom stereocenters. The van der Waals surface area contributed by atoms with Gasteiger partial charge >= 0.3 is 0 Å². The van der Waals surface area contributed by atoms with Crippen molar-refractivity contribution in [3.05, 3.63) is 58.8 Å². The molecule has 6 N–H and O–H groups in total. The fourth-order valence-electron chi connectivity index (χ4n) is 4.61. The van der Waals surface area contributed by atoms with E-state index in [4.69, 9.17) is 23.4 Å². The average Bonchev–Trinajstić information content (AvgIpc) is 2.92. The Labute approximate surface area is 222 Å². The molecule has 0 saturated carbocycles. The molecule has 12 nitrogen and oxygen atoms in total. The van der Waals surface area contributed by atoms with Crippen molar-refractivity contribution in [3.63, 3.8) is 0 Å². The van der Waals surface area contributed by atoms with Gasteiger partial charge in [0.25, 0.3) is 0 Å². The fraction of sp³-hybridized carbons (Fsp3) is 0.444. The van der Waals surface area contributed by atoms with Gasteiger partial charge in [-0.3, -0.25) is 4.79 Å². The number of hydrogen-bond donors (Lipinski definition) is 6. The first-order valence-electron chi connectivity index (χ1n) is 12.4. The van der Waals surface area contributed by atoms with Crippen LogP contribution in [-0.2, 0) is 9.47 Å². The molecule has 0 bridgehead atoms. The molecule has 0 radical (unpaired) electrons. The Morgan fingerprint density at radius 1 is 0.692 bits per heavy atom. The number of aliphatic hydroxyl groups is 6. The van der Waals surface area contributed by atoms with Crippen molar-refractivity contribution in [1.82, 2.24) is 0 Å². The van der Waals surface area contributed by atoms with Crippen LogP contribution in [0.2, 0.25) is 0 Å². The molecule has 10 atom stereocenters. The van der Waals surface area contributed by atoms with E-state index in [-0.39, 0.29) is 28.2 Å². The second-order valence-corrected chi connectivity index (χ2v) is 9.73. The minimum Gasteiger partial charge on any atom is -0.462 e. The maximum absolute atomic E-state index is 13.3. The summed E-state index contributed by atoms with van der Waals surface area (Å²) < 4.78 is 28.7. The Hall–Kier alpha value is -3.07. The zero-order valence-electron chi connectivity index (χ0n) is 21.0. The average molecular weight is 547 g/mol. The lowest BCUT2D eigenvalue weighted by Crippen LogP contribution is -2.58. The summed E-state index contributed by atoms with van der Waals surface area (Å²) in [4.78, 5) is 13.3. The highest BCUT2D eigenvalue weighted by Crippen LogP contribution is 2.35. The molecule has 2 saturated heterocycles. The van der Waals surface area contributed by atoms with Crippen LogP contribution >= 0.6 is 0 Å². The molecular weight excluding hydrogens is 516 g/mol. The van der Waals surface area contributed by atoms with Gasteiger partial charge in [-0.1, -0.05) is 30.3 Å². The number of hydrogen-bond acceptors (Lipinski definition) is 12. The maximum Gasteiger partial charge on any atom is 0.229 e. The number of ether oxygens (including phenoxy) is 4. The van der Waals surface area contributed by atoms with Crippen LogP contribution in [0.4, 0.5) is 0 Å². The third kappa shape index (κ3) is 5.25. The molecule has 5 rings (SSSR count). The van der Waals surface area contributed by atoms with Gasteiger partial charge in [0.2, 0.25) is 12.6 Å². The minimum atomic E-state index is -1.66. The van der Waals surface area contributed by atoms with Crippen molar-refractivity contribution in [2.45, 2.75) is 75.3 Å². The van der Waals surface area contributed by atoms with Crippen LogP contribution < -0.4 is 14.9 Å². The van der Waals surface area contributed by atoms with Crippen LogP contribution in [0.3, 0.4) is 0 Å².